The van der Waals surface area contributed by atoms with E-state index in [0.717, 1.165) is 12.1 Å². The second-order valence-corrected chi connectivity index (χ2v) is 3.74. The van der Waals surface area contributed by atoms with Gasteiger partial charge in [-0.05, 0) is 25.5 Å². The van der Waals surface area contributed by atoms with Crippen LogP contribution in [0.3, 0.4) is 0 Å². The summed E-state index contributed by atoms with van der Waals surface area (Å²) in [4.78, 5) is 13.5. The van der Waals surface area contributed by atoms with Gasteiger partial charge in [0.05, 0.1) is 6.04 Å². The van der Waals surface area contributed by atoms with E-state index in [0.29, 0.717) is 0 Å². The molecule has 0 aromatic heterocycles. The molecule has 14 heavy (non-hydrogen) atoms. The number of hydrogen-bond acceptors (Lipinski definition) is 2. The summed E-state index contributed by atoms with van der Waals surface area (Å²) in [6, 6.07) is 9.55. The molecular weight excluding hydrogens is 176 g/mol. The van der Waals surface area contributed by atoms with Crippen LogP contribution in [0.5, 0.6) is 0 Å². The summed E-state index contributed by atoms with van der Waals surface area (Å²) in [6.45, 7) is 2.03. The second-order valence-electron chi connectivity index (χ2n) is 3.74. The SMILES string of the molecule is C[C@H]1C[C@H](N)C(=O)N1c1ccccc1. The van der Waals surface area contributed by atoms with Crippen LogP contribution in [0.15, 0.2) is 30.3 Å². The monoisotopic (exact) mass is 190 g/mol. The van der Waals surface area contributed by atoms with Crippen LogP contribution in [-0.2, 0) is 4.79 Å². The molecule has 1 fully saturated rings. The molecule has 2 N–H and O–H groups in total. The number of para-hydroxylation sites is 1. The Kier molecular flexibility index (Phi) is 2.25. The quantitative estimate of drug-likeness (QED) is 0.721. The fourth-order valence-corrected chi connectivity index (χ4v) is 1.94. The highest BCUT2D eigenvalue weighted by atomic mass is 16.2. The molecule has 2 rings (SSSR count). The van der Waals surface area contributed by atoms with Crippen LogP contribution < -0.4 is 10.6 Å². The zero-order valence-electron chi connectivity index (χ0n) is 8.18. The summed E-state index contributed by atoms with van der Waals surface area (Å²) in [6.07, 6.45) is 0.744. The number of nitrogens with zero attached hydrogens (tertiary/aromatic N) is 1. The van der Waals surface area contributed by atoms with Gasteiger partial charge in [0.1, 0.15) is 0 Å². The number of amides is 1. The van der Waals surface area contributed by atoms with Crippen LogP contribution in [0.2, 0.25) is 0 Å². The van der Waals surface area contributed by atoms with Gasteiger partial charge in [-0.15, -0.1) is 0 Å². The third-order valence-corrected chi connectivity index (χ3v) is 2.62. The highest BCUT2D eigenvalue weighted by Crippen LogP contribution is 2.25. The first-order valence-electron chi connectivity index (χ1n) is 4.84. The predicted octanol–water partition coefficient (Wildman–Crippen LogP) is 1.14. The van der Waals surface area contributed by atoms with Gasteiger partial charge in [0, 0.05) is 11.7 Å². The van der Waals surface area contributed by atoms with E-state index in [1.165, 1.54) is 0 Å². The van der Waals surface area contributed by atoms with Crippen molar-refractivity contribution in [2.45, 2.75) is 25.4 Å². The van der Waals surface area contributed by atoms with Crippen molar-refractivity contribution in [1.29, 1.82) is 0 Å². The maximum atomic E-state index is 11.7. The van der Waals surface area contributed by atoms with Gasteiger partial charge in [-0.1, -0.05) is 18.2 Å². The number of carbonyl (C=O) groups is 1. The van der Waals surface area contributed by atoms with E-state index in [9.17, 15) is 4.79 Å². The molecule has 1 amide bonds. The molecule has 2 atom stereocenters. The Labute approximate surface area is 83.5 Å². The lowest BCUT2D eigenvalue weighted by Gasteiger charge is -2.21. The molecule has 74 valence electrons. The molecule has 0 radical (unpaired) electrons. The molecule has 1 aromatic carbocycles. The fourth-order valence-electron chi connectivity index (χ4n) is 1.94. The minimum atomic E-state index is -0.329. The van der Waals surface area contributed by atoms with E-state index >= 15 is 0 Å². The van der Waals surface area contributed by atoms with Gasteiger partial charge in [-0.25, -0.2) is 0 Å². The van der Waals surface area contributed by atoms with Gasteiger partial charge < -0.3 is 10.6 Å². The predicted molar refractivity (Wildman–Crippen MR) is 56.0 cm³/mol. The maximum absolute atomic E-state index is 11.7. The first-order valence-corrected chi connectivity index (χ1v) is 4.84. The third-order valence-electron chi connectivity index (χ3n) is 2.62. The lowest BCUT2D eigenvalue weighted by Crippen LogP contribution is -2.35. The van der Waals surface area contributed by atoms with E-state index in [2.05, 4.69) is 0 Å². The smallest absolute Gasteiger partial charge is 0.244 e. The molecule has 0 aliphatic carbocycles. The van der Waals surface area contributed by atoms with Gasteiger partial charge in [-0.3, -0.25) is 4.79 Å². The molecule has 0 spiro atoms. The summed E-state index contributed by atoms with van der Waals surface area (Å²) in [5.41, 5.74) is 6.65. The fraction of sp³-hybridized carbons (Fsp3) is 0.364. The summed E-state index contributed by atoms with van der Waals surface area (Å²) in [5.74, 6) is 0.0312. The van der Waals surface area contributed by atoms with Crippen LogP contribution in [0.25, 0.3) is 0 Å². The Hall–Kier alpha value is -1.35. The number of hydrogen-bond donors (Lipinski definition) is 1. The maximum Gasteiger partial charge on any atom is 0.244 e. The number of rotatable bonds is 1. The molecule has 1 aliphatic rings. The summed E-state index contributed by atoms with van der Waals surface area (Å²) in [7, 11) is 0. The first kappa shape index (κ1) is 9.21. The Balaban J connectivity index is 2.31. The van der Waals surface area contributed by atoms with Gasteiger partial charge in [0.25, 0.3) is 0 Å². The van der Waals surface area contributed by atoms with Crippen molar-refractivity contribution < 1.29 is 4.79 Å². The van der Waals surface area contributed by atoms with Crippen molar-refractivity contribution in [2.24, 2.45) is 5.73 Å². The molecule has 3 heteroatoms. The van der Waals surface area contributed by atoms with Gasteiger partial charge in [0.15, 0.2) is 0 Å². The zero-order chi connectivity index (χ0) is 10.1. The van der Waals surface area contributed by atoms with Crippen LogP contribution in [0.1, 0.15) is 13.3 Å². The Bertz CT molecular complexity index is 336. The average Bonchev–Trinajstić information content (AvgIpc) is 2.43. The molecule has 0 saturated carbocycles. The van der Waals surface area contributed by atoms with Crippen molar-refractivity contribution in [1.82, 2.24) is 0 Å². The normalized spacial score (nSPS) is 27.0. The molecule has 1 saturated heterocycles. The van der Waals surface area contributed by atoms with Crippen LogP contribution >= 0.6 is 0 Å². The van der Waals surface area contributed by atoms with Crippen LogP contribution in [-0.4, -0.2) is 18.0 Å². The number of nitrogens with two attached hydrogens (primary N) is 1. The summed E-state index contributed by atoms with van der Waals surface area (Å²) < 4.78 is 0. The van der Waals surface area contributed by atoms with Crippen LogP contribution in [0, 0.1) is 0 Å². The van der Waals surface area contributed by atoms with Crippen molar-refractivity contribution in [2.75, 3.05) is 4.90 Å². The number of anilines is 1. The standard InChI is InChI=1S/C11H14N2O/c1-8-7-10(12)11(14)13(8)9-5-3-2-4-6-9/h2-6,8,10H,7,12H2,1H3/t8-,10-/m0/s1. The highest BCUT2D eigenvalue weighted by Gasteiger charge is 2.35. The van der Waals surface area contributed by atoms with Crippen molar-refractivity contribution in [3.63, 3.8) is 0 Å². The van der Waals surface area contributed by atoms with Gasteiger partial charge in [0.2, 0.25) is 5.91 Å². The largest absolute Gasteiger partial charge is 0.320 e. The third kappa shape index (κ3) is 1.40. The lowest BCUT2D eigenvalue weighted by molar-refractivity contribution is -0.118. The Morgan fingerprint density at radius 3 is 2.50 bits per heavy atom. The Morgan fingerprint density at radius 2 is 2.00 bits per heavy atom. The average molecular weight is 190 g/mol. The van der Waals surface area contributed by atoms with E-state index in [1.807, 2.05) is 37.3 Å². The van der Waals surface area contributed by atoms with Gasteiger partial charge >= 0.3 is 0 Å². The molecule has 3 nitrogen and oxygen atoms in total. The molecule has 0 unspecified atom stereocenters. The second kappa shape index (κ2) is 3.42. The van der Waals surface area contributed by atoms with E-state index < -0.39 is 0 Å². The summed E-state index contributed by atoms with van der Waals surface area (Å²) in [5, 5.41) is 0. The topological polar surface area (TPSA) is 46.3 Å². The summed E-state index contributed by atoms with van der Waals surface area (Å²) >= 11 is 0. The zero-order valence-corrected chi connectivity index (χ0v) is 8.18. The molecule has 1 heterocycles. The van der Waals surface area contributed by atoms with E-state index in [-0.39, 0.29) is 18.0 Å². The minimum Gasteiger partial charge on any atom is -0.320 e. The van der Waals surface area contributed by atoms with Crippen molar-refractivity contribution >= 4 is 11.6 Å². The molecule has 1 aliphatic heterocycles. The van der Waals surface area contributed by atoms with Crippen molar-refractivity contribution in [3.05, 3.63) is 30.3 Å². The van der Waals surface area contributed by atoms with Crippen molar-refractivity contribution in [3.8, 4) is 0 Å². The van der Waals surface area contributed by atoms with E-state index in [1.54, 1.807) is 4.90 Å². The molecular formula is C11H14N2O. The number of benzene rings is 1. The molecule has 1 aromatic rings. The Morgan fingerprint density at radius 1 is 1.36 bits per heavy atom. The number of carbonyl (C=O) groups excluding carboxylic acids is 1. The highest BCUT2D eigenvalue weighted by molar-refractivity contribution is 5.99. The molecule has 0 bridgehead atoms. The van der Waals surface area contributed by atoms with Gasteiger partial charge in [-0.2, -0.15) is 0 Å². The van der Waals surface area contributed by atoms with E-state index in [4.69, 9.17) is 5.73 Å². The first-order chi connectivity index (χ1) is 6.70. The minimum absolute atomic E-state index is 0.0312. The van der Waals surface area contributed by atoms with Crippen LogP contribution in [0.4, 0.5) is 5.69 Å². The lowest BCUT2D eigenvalue weighted by atomic mass is 10.2.